The Hall–Kier alpha value is -3.18. The number of benzene rings is 3. The van der Waals surface area contributed by atoms with Gasteiger partial charge in [-0.3, -0.25) is 0 Å². The molecular formula is C32H42N2O3. The van der Waals surface area contributed by atoms with Crippen molar-refractivity contribution in [2.75, 3.05) is 38.7 Å². The SMILES string of the molecule is CCCCCN(C)CCOc1ccc(CN(C)c2cc(O)ccc2C2CCc3cc(O)ccc3C2)cc1. The van der Waals surface area contributed by atoms with Gasteiger partial charge in [-0.2, -0.15) is 0 Å². The first-order valence-electron chi connectivity index (χ1n) is 13.7. The predicted octanol–water partition coefficient (Wildman–Crippen LogP) is 6.51. The Bertz CT molecular complexity index is 1150. The minimum Gasteiger partial charge on any atom is -0.508 e. The summed E-state index contributed by atoms with van der Waals surface area (Å²) >= 11 is 0. The molecule has 1 aliphatic rings. The number of rotatable bonds is 12. The van der Waals surface area contributed by atoms with Crippen LogP contribution in [0.3, 0.4) is 0 Å². The summed E-state index contributed by atoms with van der Waals surface area (Å²) in [4.78, 5) is 4.56. The third kappa shape index (κ3) is 7.42. The van der Waals surface area contributed by atoms with Crippen molar-refractivity contribution in [1.29, 1.82) is 0 Å². The first-order chi connectivity index (χ1) is 17.9. The van der Waals surface area contributed by atoms with Gasteiger partial charge in [0, 0.05) is 31.9 Å². The van der Waals surface area contributed by atoms with Gasteiger partial charge in [0.15, 0.2) is 0 Å². The van der Waals surface area contributed by atoms with Crippen LogP contribution in [0.2, 0.25) is 0 Å². The maximum absolute atomic E-state index is 10.3. The Kier molecular flexibility index (Phi) is 9.34. The van der Waals surface area contributed by atoms with Gasteiger partial charge in [-0.15, -0.1) is 0 Å². The number of fused-ring (bicyclic) bond motifs is 1. The van der Waals surface area contributed by atoms with Gasteiger partial charge in [-0.1, -0.05) is 44.0 Å². The fourth-order valence-corrected chi connectivity index (χ4v) is 5.33. The first kappa shape index (κ1) is 26.9. The quantitative estimate of drug-likeness (QED) is 0.277. The Morgan fingerprint density at radius 3 is 2.41 bits per heavy atom. The van der Waals surface area contributed by atoms with Crippen LogP contribution < -0.4 is 9.64 Å². The van der Waals surface area contributed by atoms with E-state index in [1.54, 1.807) is 12.1 Å². The van der Waals surface area contributed by atoms with Gasteiger partial charge in [0.2, 0.25) is 0 Å². The van der Waals surface area contributed by atoms with E-state index in [2.05, 4.69) is 67.2 Å². The summed E-state index contributed by atoms with van der Waals surface area (Å²) in [7, 11) is 4.25. The third-order valence-corrected chi connectivity index (χ3v) is 7.51. The van der Waals surface area contributed by atoms with Gasteiger partial charge in [-0.25, -0.2) is 0 Å². The van der Waals surface area contributed by atoms with Crippen molar-refractivity contribution in [1.82, 2.24) is 4.90 Å². The summed E-state index contributed by atoms with van der Waals surface area (Å²) in [5.74, 6) is 1.91. The van der Waals surface area contributed by atoms with E-state index in [-0.39, 0.29) is 5.75 Å². The molecule has 198 valence electrons. The van der Waals surface area contributed by atoms with Crippen LogP contribution in [-0.2, 0) is 19.4 Å². The van der Waals surface area contributed by atoms with Crippen molar-refractivity contribution in [3.63, 3.8) is 0 Å². The van der Waals surface area contributed by atoms with Crippen LogP contribution in [0.5, 0.6) is 17.2 Å². The van der Waals surface area contributed by atoms with E-state index in [0.29, 0.717) is 18.3 Å². The van der Waals surface area contributed by atoms with Crippen LogP contribution in [0.1, 0.15) is 60.8 Å². The molecule has 0 radical (unpaired) electrons. The molecule has 0 saturated heterocycles. The van der Waals surface area contributed by atoms with Crippen molar-refractivity contribution < 1.29 is 14.9 Å². The molecule has 0 heterocycles. The minimum absolute atomic E-state index is 0.287. The number of unbranched alkanes of at least 4 members (excludes halogenated alkanes) is 2. The second-order valence-corrected chi connectivity index (χ2v) is 10.5. The number of likely N-dealkylation sites (N-methyl/N-ethyl adjacent to an activating group) is 1. The highest BCUT2D eigenvalue weighted by Crippen LogP contribution is 2.39. The second-order valence-electron chi connectivity index (χ2n) is 10.5. The lowest BCUT2D eigenvalue weighted by Crippen LogP contribution is -2.25. The van der Waals surface area contributed by atoms with Crippen LogP contribution in [0, 0.1) is 0 Å². The number of phenols is 2. The number of anilines is 1. The molecule has 5 nitrogen and oxygen atoms in total. The first-order valence-corrected chi connectivity index (χ1v) is 13.7. The molecule has 5 heteroatoms. The van der Waals surface area contributed by atoms with Crippen molar-refractivity contribution in [3.8, 4) is 17.2 Å². The molecule has 0 amide bonds. The van der Waals surface area contributed by atoms with Crippen molar-refractivity contribution in [2.45, 2.75) is 57.9 Å². The average Bonchev–Trinajstić information content (AvgIpc) is 2.89. The molecule has 0 bridgehead atoms. The standard InChI is InChI=1S/C32H42N2O3/c1-4-5-6-17-33(2)18-19-37-30-14-7-24(8-15-30)23-34(3)32-22-29(36)13-16-31(32)27-10-9-26-21-28(35)12-11-25(26)20-27/h7-8,11-16,21-22,27,35-36H,4-6,9-10,17-20,23H2,1-3H3. The molecule has 0 saturated carbocycles. The molecule has 3 aromatic rings. The van der Waals surface area contributed by atoms with Gasteiger partial charge in [0.05, 0.1) is 0 Å². The van der Waals surface area contributed by atoms with Gasteiger partial charge in [0.1, 0.15) is 23.9 Å². The average molecular weight is 503 g/mol. The molecule has 2 N–H and O–H groups in total. The molecule has 0 aliphatic heterocycles. The number of aromatic hydroxyl groups is 2. The molecule has 4 rings (SSSR count). The van der Waals surface area contributed by atoms with E-state index in [1.165, 1.54) is 41.5 Å². The van der Waals surface area contributed by atoms with Crippen LogP contribution in [-0.4, -0.2) is 48.9 Å². The molecular weight excluding hydrogens is 460 g/mol. The highest BCUT2D eigenvalue weighted by atomic mass is 16.5. The van der Waals surface area contributed by atoms with Crippen molar-refractivity contribution in [3.05, 3.63) is 82.9 Å². The third-order valence-electron chi connectivity index (χ3n) is 7.51. The Labute approximate surface area is 222 Å². The van der Waals surface area contributed by atoms with Gasteiger partial charge < -0.3 is 24.7 Å². The van der Waals surface area contributed by atoms with Crippen molar-refractivity contribution in [2.24, 2.45) is 0 Å². The molecule has 0 spiro atoms. The molecule has 1 aliphatic carbocycles. The highest BCUT2D eigenvalue weighted by molar-refractivity contribution is 5.59. The largest absolute Gasteiger partial charge is 0.508 e. The van der Waals surface area contributed by atoms with E-state index in [1.807, 2.05) is 12.1 Å². The highest BCUT2D eigenvalue weighted by Gasteiger charge is 2.24. The van der Waals surface area contributed by atoms with Gasteiger partial charge in [-0.05, 0) is 97.8 Å². The Morgan fingerprint density at radius 2 is 1.62 bits per heavy atom. The lowest BCUT2D eigenvalue weighted by Gasteiger charge is -2.30. The molecule has 0 aromatic heterocycles. The van der Waals surface area contributed by atoms with Crippen LogP contribution in [0.4, 0.5) is 5.69 Å². The zero-order chi connectivity index (χ0) is 26.2. The fraction of sp³-hybridized carbons (Fsp3) is 0.438. The molecule has 0 fully saturated rings. The van der Waals surface area contributed by atoms with Crippen molar-refractivity contribution >= 4 is 5.69 Å². The number of hydrogen-bond donors (Lipinski definition) is 2. The summed E-state index contributed by atoms with van der Waals surface area (Å²) < 4.78 is 5.97. The number of aryl methyl sites for hydroxylation is 1. The monoisotopic (exact) mass is 502 g/mol. The topological polar surface area (TPSA) is 56.2 Å². The fourth-order valence-electron chi connectivity index (χ4n) is 5.33. The molecule has 1 atom stereocenters. The summed E-state index contributed by atoms with van der Waals surface area (Å²) in [5, 5.41) is 20.1. The smallest absolute Gasteiger partial charge is 0.119 e. The molecule has 3 aromatic carbocycles. The second kappa shape index (κ2) is 12.9. The Morgan fingerprint density at radius 1 is 0.865 bits per heavy atom. The zero-order valence-electron chi connectivity index (χ0n) is 22.6. The van der Waals surface area contributed by atoms with E-state index >= 15 is 0 Å². The summed E-state index contributed by atoms with van der Waals surface area (Å²) in [6.45, 7) is 5.72. The van der Waals surface area contributed by atoms with Gasteiger partial charge in [0.25, 0.3) is 0 Å². The Balaban J connectivity index is 1.36. The van der Waals surface area contributed by atoms with Gasteiger partial charge >= 0.3 is 0 Å². The minimum atomic E-state index is 0.287. The normalized spacial score (nSPS) is 15.0. The number of hydrogen-bond acceptors (Lipinski definition) is 5. The summed E-state index contributed by atoms with van der Waals surface area (Å²) in [6, 6.07) is 19.9. The number of nitrogens with zero attached hydrogens (tertiary/aromatic N) is 2. The van der Waals surface area contributed by atoms with E-state index < -0.39 is 0 Å². The zero-order valence-corrected chi connectivity index (χ0v) is 22.6. The van der Waals surface area contributed by atoms with E-state index in [9.17, 15) is 10.2 Å². The maximum Gasteiger partial charge on any atom is 0.119 e. The molecule has 37 heavy (non-hydrogen) atoms. The lowest BCUT2D eigenvalue weighted by molar-refractivity contribution is 0.235. The summed E-state index contributed by atoms with van der Waals surface area (Å²) in [6.07, 6.45) is 6.71. The lowest BCUT2D eigenvalue weighted by atomic mass is 9.79. The predicted molar refractivity (Wildman–Crippen MR) is 152 cm³/mol. The van der Waals surface area contributed by atoms with Crippen LogP contribution in [0.25, 0.3) is 0 Å². The number of phenolic OH excluding ortho intramolecular Hbond substituents is 2. The van der Waals surface area contributed by atoms with Crippen LogP contribution in [0.15, 0.2) is 60.7 Å². The maximum atomic E-state index is 10.3. The molecule has 1 unspecified atom stereocenters. The van der Waals surface area contributed by atoms with E-state index in [0.717, 1.165) is 50.3 Å². The summed E-state index contributed by atoms with van der Waals surface area (Å²) in [5.41, 5.74) is 6.08. The van der Waals surface area contributed by atoms with Crippen LogP contribution >= 0.6 is 0 Å². The van der Waals surface area contributed by atoms with E-state index in [4.69, 9.17) is 4.74 Å². The number of ether oxygens (including phenoxy) is 1.